The molecule has 1 aliphatic heterocycles. The molecule has 0 saturated carbocycles. The highest BCUT2D eigenvalue weighted by Crippen LogP contribution is 2.27. The highest BCUT2D eigenvalue weighted by atomic mass is 16.2. The van der Waals surface area contributed by atoms with Crippen LogP contribution in [-0.4, -0.2) is 34.2 Å². The van der Waals surface area contributed by atoms with Crippen LogP contribution >= 0.6 is 0 Å². The first-order valence-electron chi connectivity index (χ1n) is 8.72. The third kappa shape index (κ3) is 3.49. The Bertz CT molecular complexity index is 873. The molecule has 1 amide bonds. The number of nitrogens with zero attached hydrogens (tertiary/aromatic N) is 5. The maximum absolute atomic E-state index is 12.7. The number of aryl methyl sites for hydroxylation is 2. The Hall–Kier alpha value is -3.01. The second-order valence-corrected chi connectivity index (χ2v) is 6.66. The number of anilines is 2. The van der Waals surface area contributed by atoms with E-state index >= 15 is 0 Å². The van der Waals surface area contributed by atoms with E-state index in [1.54, 1.807) is 6.20 Å². The standard InChI is InChI=1S/C19H22N6O/c1-12-6-4-8-21-17(12)22-19(26)15-7-5-9-25(11-15)18-16(10-20)13(2)14(3)23-24-18/h4,6,8,15H,5,7,9,11H2,1-3H3,(H,21,22,26)/t15-/m1/s1. The normalized spacial score (nSPS) is 16.8. The molecular formula is C19H22N6O. The lowest BCUT2D eigenvalue weighted by molar-refractivity contribution is -0.120. The molecule has 3 rings (SSSR count). The van der Waals surface area contributed by atoms with Gasteiger partial charge in [0.25, 0.3) is 0 Å². The number of carbonyl (C=O) groups excluding carboxylic acids is 1. The van der Waals surface area contributed by atoms with E-state index in [1.165, 1.54) is 0 Å². The number of hydrogen-bond acceptors (Lipinski definition) is 6. The van der Waals surface area contributed by atoms with Crippen LogP contribution in [0, 0.1) is 38.0 Å². The molecule has 0 spiro atoms. The lowest BCUT2D eigenvalue weighted by atomic mass is 9.96. The molecule has 1 aliphatic rings. The minimum absolute atomic E-state index is 0.0493. The Balaban J connectivity index is 1.78. The Labute approximate surface area is 153 Å². The van der Waals surface area contributed by atoms with Crippen molar-refractivity contribution in [3.05, 3.63) is 40.7 Å². The number of pyridine rings is 1. The third-order valence-corrected chi connectivity index (χ3v) is 4.89. The molecule has 1 N–H and O–H groups in total. The molecule has 1 fully saturated rings. The number of carbonyl (C=O) groups is 1. The molecule has 7 heteroatoms. The number of hydrogen-bond donors (Lipinski definition) is 1. The van der Waals surface area contributed by atoms with Crippen LogP contribution in [0.15, 0.2) is 18.3 Å². The Morgan fingerprint density at radius 1 is 1.35 bits per heavy atom. The molecule has 0 aromatic carbocycles. The Morgan fingerprint density at radius 2 is 2.15 bits per heavy atom. The minimum atomic E-state index is -0.180. The Morgan fingerprint density at radius 3 is 2.88 bits per heavy atom. The van der Waals surface area contributed by atoms with Crippen molar-refractivity contribution in [3.8, 4) is 6.07 Å². The van der Waals surface area contributed by atoms with E-state index in [4.69, 9.17) is 0 Å². The molecular weight excluding hydrogens is 328 g/mol. The van der Waals surface area contributed by atoms with Gasteiger partial charge in [0.2, 0.25) is 5.91 Å². The summed E-state index contributed by atoms with van der Waals surface area (Å²) in [5.41, 5.74) is 3.06. The Kier molecular flexibility index (Phi) is 5.12. The quantitative estimate of drug-likeness (QED) is 0.914. The molecule has 26 heavy (non-hydrogen) atoms. The van der Waals surface area contributed by atoms with Gasteiger partial charge in [-0.3, -0.25) is 4.79 Å². The molecule has 0 aliphatic carbocycles. The van der Waals surface area contributed by atoms with E-state index in [0.29, 0.717) is 23.7 Å². The van der Waals surface area contributed by atoms with Crippen molar-refractivity contribution < 1.29 is 4.79 Å². The summed E-state index contributed by atoms with van der Waals surface area (Å²) in [6, 6.07) is 6.00. The van der Waals surface area contributed by atoms with Crippen LogP contribution in [0.1, 0.15) is 35.2 Å². The van der Waals surface area contributed by atoms with Crippen LogP contribution in [0.4, 0.5) is 11.6 Å². The van der Waals surface area contributed by atoms with Crippen molar-refractivity contribution in [1.82, 2.24) is 15.2 Å². The SMILES string of the molecule is Cc1cccnc1NC(=O)[C@@H]1CCCN(c2nnc(C)c(C)c2C#N)C1. The van der Waals surface area contributed by atoms with Crippen LogP contribution in [0.2, 0.25) is 0 Å². The van der Waals surface area contributed by atoms with E-state index in [0.717, 1.165) is 36.2 Å². The summed E-state index contributed by atoms with van der Waals surface area (Å²) in [5.74, 6) is 0.937. The summed E-state index contributed by atoms with van der Waals surface area (Å²) >= 11 is 0. The summed E-state index contributed by atoms with van der Waals surface area (Å²) in [6.45, 7) is 6.92. The van der Waals surface area contributed by atoms with Gasteiger partial charge in [-0.1, -0.05) is 6.07 Å². The fourth-order valence-electron chi connectivity index (χ4n) is 3.17. The third-order valence-electron chi connectivity index (χ3n) is 4.89. The number of nitriles is 1. The summed E-state index contributed by atoms with van der Waals surface area (Å²) in [7, 11) is 0. The van der Waals surface area contributed by atoms with Crippen LogP contribution in [0.25, 0.3) is 0 Å². The smallest absolute Gasteiger partial charge is 0.230 e. The van der Waals surface area contributed by atoms with Gasteiger partial charge in [0, 0.05) is 19.3 Å². The van der Waals surface area contributed by atoms with Crippen LogP contribution in [-0.2, 0) is 4.79 Å². The lowest BCUT2D eigenvalue weighted by Gasteiger charge is -2.33. The van der Waals surface area contributed by atoms with Crippen LogP contribution in [0.5, 0.6) is 0 Å². The monoisotopic (exact) mass is 350 g/mol. The van der Waals surface area contributed by atoms with Gasteiger partial charge in [0.05, 0.1) is 11.6 Å². The van der Waals surface area contributed by atoms with Gasteiger partial charge in [0.1, 0.15) is 17.5 Å². The first kappa shape index (κ1) is 17.8. The van der Waals surface area contributed by atoms with Gasteiger partial charge in [-0.25, -0.2) is 4.98 Å². The van der Waals surface area contributed by atoms with E-state index in [1.807, 2.05) is 37.8 Å². The molecule has 1 atom stereocenters. The first-order valence-corrected chi connectivity index (χ1v) is 8.72. The van der Waals surface area contributed by atoms with Crippen molar-refractivity contribution in [2.75, 3.05) is 23.3 Å². The van der Waals surface area contributed by atoms with Gasteiger partial charge in [-0.05, 0) is 50.8 Å². The molecule has 2 aromatic heterocycles. The fourth-order valence-corrected chi connectivity index (χ4v) is 3.17. The molecule has 0 bridgehead atoms. The molecule has 0 unspecified atom stereocenters. The van der Waals surface area contributed by atoms with Crippen LogP contribution < -0.4 is 10.2 Å². The first-order chi connectivity index (χ1) is 12.5. The second-order valence-electron chi connectivity index (χ2n) is 6.66. The van der Waals surface area contributed by atoms with Gasteiger partial charge in [-0.15, -0.1) is 5.10 Å². The predicted molar refractivity (Wildman–Crippen MR) is 98.8 cm³/mol. The van der Waals surface area contributed by atoms with Crippen molar-refractivity contribution in [3.63, 3.8) is 0 Å². The van der Waals surface area contributed by atoms with Crippen molar-refractivity contribution >= 4 is 17.5 Å². The van der Waals surface area contributed by atoms with E-state index < -0.39 is 0 Å². The maximum Gasteiger partial charge on any atom is 0.230 e. The lowest BCUT2D eigenvalue weighted by Crippen LogP contribution is -2.41. The molecule has 1 saturated heterocycles. The maximum atomic E-state index is 12.7. The van der Waals surface area contributed by atoms with E-state index in [-0.39, 0.29) is 11.8 Å². The largest absolute Gasteiger partial charge is 0.353 e. The number of piperidine rings is 1. The highest BCUT2D eigenvalue weighted by Gasteiger charge is 2.29. The number of aromatic nitrogens is 3. The number of rotatable bonds is 3. The highest BCUT2D eigenvalue weighted by molar-refractivity contribution is 5.92. The summed E-state index contributed by atoms with van der Waals surface area (Å²) in [5, 5.41) is 20.8. The summed E-state index contributed by atoms with van der Waals surface area (Å²) in [4.78, 5) is 18.9. The molecule has 7 nitrogen and oxygen atoms in total. The predicted octanol–water partition coefficient (Wildman–Crippen LogP) is 2.52. The minimum Gasteiger partial charge on any atom is -0.353 e. The topological polar surface area (TPSA) is 94.8 Å². The molecule has 0 radical (unpaired) electrons. The number of amides is 1. The van der Waals surface area contributed by atoms with E-state index in [9.17, 15) is 10.1 Å². The zero-order valence-corrected chi connectivity index (χ0v) is 15.3. The van der Waals surface area contributed by atoms with Crippen LogP contribution in [0.3, 0.4) is 0 Å². The second kappa shape index (κ2) is 7.48. The summed E-state index contributed by atoms with van der Waals surface area (Å²) < 4.78 is 0. The number of nitrogens with one attached hydrogen (secondary N) is 1. The molecule has 2 aromatic rings. The molecule has 134 valence electrons. The van der Waals surface area contributed by atoms with Crippen molar-refractivity contribution in [2.24, 2.45) is 5.92 Å². The van der Waals surface area contributed by atoms with Crippen molar-refractivity contribution in [1.29, 1.82) is 5.26 Å². The average molecular weight is 350 g/mol. The van der Waals surface area contributed by atoms with Gasteiger partial charge in [0.15, 0.2) is 5.82 Å². The van der Waals surface area contributed by atoms with Gasteiger partial charge < -0.3 is 10.2 Å². The van der Waals surface area contributed by atoms with Crippen molar-refractivity contribution in [2.45, 2.75) is 33.6 Å². The zero-order chi connectivity index (χ0) is 18.7. The zero-order valence-electron chi connectivity index (χ0n) is 15.3. The van der Waals surface area contributed by atoms with Gasteiger partial charge >= 0.3 is 0 Å². The average Bonchev–Trinajstić information content (AvgIpc) is 2.65. The summed E-state index contributed by atoms with van der Waals surface area (Å²) in [6.07, 6.45) is 3.33. The van der Waals surface area contributed by atoms with Gasteiger partial charge in [-0.2, -0.15) is 10.4 Å². The van der Waals surface area contributed by atoms with E-state index in [2.05, 4.69) is 26.6 Å². The fraction of sp³-hybridized carbons (Fsp3) is 0.421. The molecule has 3 heterocycles.